The van der Waals surface area contributed by atoms with Crippen molar-refractivity contribution in [1.82, 2.24) is 5.32 Å². The molecule has 174 valence electrons. The summed E-state index contributed by atoms with van der Waals surface area (Å²) in [6.45, 7) is 4.42. The van der Waals surface area contributed by atoms with Crippen LogP contribution < -0.4 is 15.4 Å². The van der Waals surface area contributed by atoms with Gasteiger partial charge in [-0.3, -0.25) is 9.59 Å². The normalized spacial score (nSPS) is 10.6. The Hall–Kier alpha value is -2.94. The van der Waals surface area contributed by atoms with Gasteiger partial charge in [0.25, 0.3) is 0 Å². The highest BCUT2D eigenvalue weighted by atomic mass is 16.5. The predicted octanol–water partition coefficient (Wildman–Crippen LogP) is 2.70. The van der Waals surface area contributed by atoms with Crippen molar-refractivity contribution in [2.75, 3.05) is 52.0 Å². The molecule has 2 aromatic carbocycles. The van der Waals surface area contributed by atoms with Crippen LogP contribution in [0.4, 0.5) is 5.69 Å². The Bertz CT molecular complexity index is 808. The highest BCUT2D eigenvalue weighted by molar-refractivity contribution is 5.90. The molecule has 0 radical (unpaired) electrons. The summed E-state index contributed by atoms with van der Waals surface area (Å²) in [5.41, 5.74) is 2.88. The lowest BCUT2D eigenvalue weighted by molar-refractivity contribution is -0.125. The smallest absolute Gasteiger partial charge is 0.245 e. The summed E-state index contributed by atoms with van der Waals surface area (Å²) in [6, 6.07) is 15.3. The molecule has 0 unspecified atom stereocenters. The highest BCUT2D eigenvalue weighted by Gasteiger charge is 2.03. The maximum absolute atomic E-state index is 12.0. The third kappa shape index (κ3) is 10.9. The van der Waals surface area contributed by atoms with Crippen LogP contribution in [0, 0.1) is 6.92 Å². The number of hydrogen-bond donors (Lipinski definition) is 2. The first-order valence-electron chi connectivity index (χ1n) is 10.6. The van der Waals surface area contributed by atoms with Crippen molar-refractivity contribution in [1.29, 1.82) is 0 Å². The van der Waals surface area contributed by atoms with Gasteiger partial charge in [-0.1, -0.05) is 29.8 Å². The quantitative estimate of drug-likeness (QED) is 0.410. The summed E-state index contributed by atoms with van der Waals surface area (Å²) >= 11 is 0. The molecule has 8 nitrogen and oxygen atoms in total. The molecule has 2 amide bonds. The van der Waals surface area contributed by atoms with Crippen molar-refractivity contribution in [2.24, 2.45) is 0 Å². The molecule has 0 aliphatic heterocycles. The second kappa shape index (κ2) is 15.0. The molecule has 0 fully saturated rings. The molecule has 0 saturated carbocycles. The molecule has 0 atom stereocenters. The van der Waals surface area contributed by atoms with Crippen molar-refractivity contribution in [3.63, 3.8) is 0 Å². The summed E-state index contributed by atoms with van der Waals surface area (Å²) in [7, 11) is 1.56. The minimum absolute atomic E-state index is 0.0283. The number of amides is 2. The van der Waals surface area contributed by atoms with E-state index in [-0.39, 0.29) is 24.8 Å². The molecule has 0 aliphatic rings. The maximum Gasteiger partial charge on any atom is 0.245 e. The first-order chi connectivity index (χ1) is 15.6. The van der Waals surface area contributed by atoms with Gasteiger partial charge in [-0.25, -0.2) is 0 Å². The van der Waals surface area contributed by atoms with E-state index < -0.39 is 0 Å². The van der Waals surface area contributed by atoms with Gasteiger partial charge in [0.2, 0.25) is 11.8 Å². The first-order valence-corrected chi connectivity index (χ1v) is 10.6. The number of carbonyl (C=O) groups is 2. The Morgan fingerprint density at radius 3 is 2.19 bits per heavy atom. The van der Waals surface area contributed by atoms with Crippen LogP contribution in [0.2, 0.25) is 0 Å². The standard InChI is InChI=1S/C24H32N2O6/c1-19-3-9-22(10-4-19)32-16-15-29-12-11-23(27)26-21-7-5-20(6-8-21)17-30-13-14-31-18-24(28)25-2/h3-10H,11-18H2,1-2H3,(H,25,28)(H,26,27). The molecule has 0 saturated heterocycles. The SMILES string of the molecule is CNC(=O)COCCOCc1ccc(NC(=O)CCOCCOc2ccc(C)cc2)cc1. The van der Waals surface area contributed by atoms with Gasteiger partial charge in [-0.2, -0.15) is 0 Å². The van der Waals surface area contributed by atoms with E-state index in [0.717, 1.165) is 17.0 Å². The Morgan fingerprint density at radius 1 is 0.781 bits per heavy atom. The number of benzene rings is 2. The molecular weight excluding hydrogens is 412 g/mol. The molecule has 0 aliphatic carbocycles. The van der Waals surface area contributed by atoms with E-state index in [1.165, 1.54) is 5.56 Å². The lowest BCUT2D eigenvalue weighted by atomic mass is 10.2. The van der Waals surface area contributed by atoms with Gasteiger partial charge in [0.05, 0.1) is 39.5 Å². The first kappa shape index (κ1) is 25.3. The number of carbonyl (C=O) groups excluding carboxylic acids is 2. The predicted molar refractivity (Wildman–Crippen MR) is 122 cm³/mol. The van der Waals surface area contributed by atoms with E-state index in [9.17, 15) is 9.59 Å². The molecule has 0 spiro atoms. The third-order valence-electron chi connectivity index (χ3n) is 4.38. The van der Waals surface area contributed by atoms with Gasteiger partial charge in [-0.05, 0) is 36.8 Å². The Balaban J connectivity index is 1.51. The van der Waals surface area contributed by atoms with Crippen molar-refractivity contribution in [3.8, 4) is 5.75 Å². The topological polar surface area (TPSA) is 95.1 Å². The molecule has 2 aromatic rings. The zero-order valence-corrected chi connectivity index (χ0v) is 18.7. The highest BCUT2D eigenvalue weighted by Crippen LogP contribution is 2.12. The average Bonchev–Trinajstić information content (AvgIpc) is 2.80. The lowest BCUT2D eigenvalue weighted by Crippen LogP contribution is -2.24. The average molecular weight is 445 g/mol. The zero-order valence-electron chi connectivity index (χ0n) is 18.7. The second-order valence-electron chi connectivity index (χ2n) is 7.05. The fraction of sp³-hybridized carbons (Fsp3) is 0.417. The second-order valence-corrected chi connectivity index (χ2v) is 7.05. The fourth-order valence-electron chi connectivity index (χ4n) is 2.57. The van der Waals surface area contributed by atoms with E-state index in [1.54, 1.807) is 7.05 Å². The summed E-state index contributed by atoms with van der Waals surface area (Å²) in [4.78, 5) is 23.0. The largest absolute Gasteiger partial charge is 0.491 e. The number of likely N-dealkylation sites (N-methyl/N-ethyl adjacent to an activating group) is 1. The molecule has 32 heavy (non-hydrogen) atoms. The van der Waals surface area contributed by atoms with Gasteiger partial charge < -0.3 is 29.6 Å². The number of anilines is 1. The number of ether oxygens (including phenoxy) is 4. The van der Waals surface area contributed by atoms with Crippen molar-refractivity contribution >= 4 is 17.5 Å². The van der Waals surface area contributed by atoms with Crippen LogP contribution in [0.15, 0.2) is 48.5 Å². The fourth-order valence-corrected chi connectivity index (χ4v) is 2.57. The Kier molecular flexibility index (Phi) is 11.8. The molecule has 8 heteroatoms. The van der Waals surface area contributed by atoms with Gasteiger partial charge in [-0.15, -0.1) is 0 Å². The van der Waals surface area contributed by atoms with Gasteiger partial charge in [0.15, 0.2) is 0 Å². The monoisotopic (exact) mass is 444 g/mol. The number of aryl methyl sites for hydroxylation is 1. The molecular formula is C24H32N2O6. The summed E-state index contributed by atoms with van der Waals surface area (Å²) < 4.78 is 21.7. The molecule has 0 heterocycles. The van der Waals surface area contributed by atoms with Crippen molar-refractivity contribution < 1.29 is 28.5 Å². The lowest BCUT2D eigenvalue weighted by Gasteiger charge is -2.09. The Morgan fingerprint density at radius 2 is 1.47 bits per heavy atom. The van der Waals surface area contributed by atoms with Crippen LogP contribution in [-0.4, -0.2) is 58.5 Å². The molecule has 0 bridgehead atoms. The van der Waals surface area contributed by atoms with Gasteiger partial charge in [0, 0.05) is 12.7 Å². The molecule has 2 N–H and O–H groups in total. The summed E-state index contributed by atoms with van der Waals surface area (Å²) in [5.74, 6) is 0.531. The van der Waals surface area contributed by atoms with Crippen LogP contribution >= 0.6 is 0 Å². The third-order valence-corrected chi connectivity index (χ3v) is 4.38. The maximum atomic E-state index is 12.0. The van der Waals surface area contributed by atoms with Crippen LogP contribution in [0.5, 0.6) is 5.75 Å². The van der Waals surface area contributed by atoms with E-state index in [4.69, 9.17) is 18.9 Å². The molecule has 0 aromatic heterocycles. The van der Waals surface area contributed by atoms with Crippen LogP contribution in [0.1, 0.15) is 17.5 Å². The van der Waals surface area contributed by atoms with Crippen LogP contribution in [0.3, 0.4) is 0 Å². The number of rotatable bonds is 15. The van der Waals surface area contributed by atoms with Crippen LogP contribution in [0.25, 0.3) is 0 Å². The van der Waals surface area contributed by atoms with E-state index in [2.05, 4.69) is 10.6 Å². The van der Waals surface area contributed by atoms with Gasteiger partial charge in [0.1, 0.15) is 19.0 Å². The van der Waals surface area contributed by atoms with Crippen molar-refractivity contribution in [3.05, 3.63) is 59.7 Å². The van der Waals surface area contributed by atoms with E-state index in [1.807, 2.05) is 55.5 Å². The van der Waals surface area contributed by atoms with E-state index >= 15 is 0 Å². The van der Waals surface area contributed by atoms with E-state index in [0.29, 0.717) is 39.6 Å². The Labute approximate surface area is 189 Å². The number of nitrogens with one attached hydrogen (secondary N) is 2. The number of hydrogen-bond acceptors (Lipinski definition) is 6. The summed E-state index contributed by atoms with van der Waals surface area (Å²) in [6.07, 6.45) is 0.269. The molecule has 2 rings (SSSR count). The minimum atomic E-state index is -0.165. The van der Waals surface area contributed by atoms with Gasteiger partial charge >= 0.3 is 0 Å². The summed E-state index contributed by atoms with van der Waals surface area (Å²) in [5, 5.41) is 5.32. The van der Waals surface area contributed by atoms with Crippen molar-refractivity contribution in [2.45, 2.75) is 20.0 Å². The zero-order chi connectivity index (χ0) is 23.0. The van der Waals surface area contributed by atoms with Crippen LogP contribution in [-0.2, 0) is 30.4 Å². The minimum Gasteiger partial charge on any atom is -0.491 e.